The smallest absolute Gasteiger partial charge is 0.135 e. The van der Waals surface area contributed by atoms with Crippen LogP contribution in [0.1, 0.15) is 30.1 Å². The van der Waals surface area contributed by atoms with Gasteiger partial charge in [0.05, 0.1) is 16.3 Å². The molecule has 0 spiro atoms. The van der Waals surface area contributed by atoms with Crippen molar-refractivity contribution in [1.29, 1.82) is 5.26 Å². The van der Waals surface area contributed by atoms with Crippen LogP contribution in [-0.2, 0) is 7.05 Å². The van der Waals surface area contributed by atoms with Gasteiger partial charge in [-0.3, -0.25) is 4.98 Å². The molecule has 0 saturated carbocycles. The van der Waals surface area contributed by atoms with Crippen molar-refractivity contribution in [2.24, 2.45) is 7.05 Å². The quantitative estimate of drug-likeness (QED) is 0.693. The van der Waals surface area contributed by atoms with E-state index in [1.807, 2.05) is 35.9 Å². The third-order valence-corrected chi connectivity index (χ3v) is 5.30. The number of aryl methyl sites for hydroxylation is 1. The molecule has 27 heavy (non-hydrogen) atoms. The van der Waals surface area contributed by atoms with E-state index in [1.54, 1.807) is 18.7 Å². The lowest BCUT2D eigenvalue weighted by atomic mass is 9.93. The Bertz CT molecular complexity index is 998. The number of aromatic nitrogens is 4. The molecular formula is C20H19ClN6. The van der Waals surface area contributed by atoms with Gasteiger partial charge in [0, 0.05) is 49.6 Å². The van der Waals surface area contributed by atoms with Gasteiger partial charge in [-0.05, 0) is 25.0 Å². The van der Waals surface area contributed by atoms with E-state index in [-0.39, 0.29) is 0 Å². The molecule has 7 heteroatoms. The Morgan fingerprint density at radius 1 is 1.22 bits per heavy atom. The van der Waals surface area contributed by atoms with Gasteiger partial charge in [0.2, 0.25) is 0 Å². The van der Waals surface area contributed by atoms with Crippen LogP contribution in [0.3, 0.4) is 0 Å². The van der Waals surface area contributed by atoms with Crippen LogP contribution in [0.25, 0.3) is 11.1 Å². The standard InChI is InChI=1S/C20H19ClN6/c1-26-13-24-25-20(26)14-5-7-27(8-6-14)19-15(10-22)3-2-4-18(19)16-9-17(21)12-23-11-16/h2-4,9,11-14H,5-8H2,1H3. The first kappa shape index (κ1) is 17.5. The van der Waals surface area contributed by atoms with E-state index in [1.165, 1.54) is 0 Å². The van der Waals surface area contributed by atoms with Crippen molar-refractivity contribution in [2.45, 2.75) is 18.8 Å². The van der Waals surface area contributed by atoms with E-state index >= 15 is 0 Å². The Balaban J connectivity index is 1.66. The van der Waals surface area contributed by atoms with Crippen LogP contribution < -0.4 is 4.90 Å². The third-order valence-electron chi connectivity index (χ3n) is 5.10. The first-order chi connectivity index (χ1) is 13.2. The summed E-state index contributed by atoms with van der Waals surface area (Å²) in [6.07, 6.45) is 7.10. The average molecular weight is 379 g/mol. The van der Waals surface area contributed by atoms with Crippen molar-refractivity contribution in [3.8, 4) is 17.2 Å². The predicted molar refractivity (Wildman–Crippen MR) is 105 cm³/mol. The number of pyridine rings is 1. The summed E-state index contributed by atoms with van der Waals surface area (Å²) in [5.41, 5.74) is 3.54. The molecule has 0 bridgehead atoms. The number of halogens is 1. The van der Waals surface area contributed by atoms with Crippen LogP contribution in [0.15, 0.2) is 43.0 Å². The second-order valence-corrected chi connectivity index (χ2v) is 7.20. The van der Waals surface area contributed by atoms with Gasteiger partial charge in [-0.25, -0.2) is 0 Å². The summed E-state index contributed by atoms with van der Waals surface area (Å²) in [6.45, 7) is 1.72. The number of anilines is 1. The molecule has 6 nitrogen and oxygen atoms in total. The Hall–Kier alpha value is -2.91. The molecule has 1 aromatic carbocycles. The molecule has 1 aliphatic rings. The minimum Gasteiger partial charge on any atom is -0.370 e. The second-order valence-electron chi connectivity index (χ2n) is 6.77. The van der Waals surface area contributed by atoms with Gasteiger partial charge in [-0.15, -0.1) is 10.2 Å². The molecule has 0 amide bonds. The number of nitriles is 1. The summed E-state index contributed by atoms with van der Waals surface area (Å²) in [5.74, 6) is 1.42. The van der Waals surface area contributed by atoms with Gasteiger partial charge in [0.1, 0.15) is 18.2 Å². The number of hydrogen-bond donors (Lipinski definition) is 0. The predicted octanol–water partition coefficient (Wildman–Crippen LogP) is 3.79. The van der Waals surface area contributed by atoms with Crippen LogP contribution in [0.2, 0.25) is 5.02 Å². The summed E-state index contributed by atoms with van der Waals surface area (Å²) in [4.78, 5) is 6.50. The topological polar surface area (TPSA) is 70.6 Å². The molecule has 2 aromatic heterocycles. The maximum Gasteiger partial charge on any atom is 0.135 e. The molecule has 0 atom stereocenters. The fourth-order valence-corrected chi connectivity index (χ4v) is 3.96. The van der Waals surface area contributed by atoms with Gasteiger partial charge >= 0.3 is 0 Å². The minimum absolute atomic E-state index is 0.388. The van der Waals surface area contributed by atoms with E-state index in [0.717, 1.165) is 48.6 Å². The molecule has 1 fully saturated rings. The fourth-order valence-electron chi connectivity index (χ4n) is 3.79. The van der Waals surface area contributed by atoms with E-state index in [4.69, 9.17) is 11.6 Å². The molecule has 3 heterocycles. The molecule has 0 unspecified atom stereocenters. The Morgan fingerprint density at radius 2 is 2.04 bits per heavy atom. The van der Waals surface area contributed by atoms with Gasteiger partial charge in [-0.2, -0.15) is 5.26 Å². The molecule has 3 aromatic rings. The Labute approximate surface area is 163 Å². The number of rotatable bonds is 3. The molecular weight excluding hydrogens is 360 g/mol. The van der Waals surface area contributed by atoms with E-state index in [2.05, 4.69) is 26.2 Å². The van der Waals surface area contributed by atoms with E-state index in [0.29, 0.717) is 16.5 Å². The largest absolute Gasteiger partial charge is 0.370 e. The lowest BCUT2D eigenvalue weighted by molar-refractivity contribution is 0.474. The highest BCUT2D eigenvalue weighted by atomic mass is 35.5. The van der Waals surface area contributed by atoms with Gasteiger partial charge in [0.25, 0.3) is 0 Å². The van der Waals surface area contributed by atoms with Crippen molar-refractivity contribution < 1.29 is 0 Å². The SMILES string of the molecule is Cn1cnnc1C1CCN(c2c(C#N)cccc2-c2cncc(Cl)c2)CC1. The van der Waals surface area contributed by atoms with Crippen molar-refractivity contribution in [3.05, 3.63) is 59.4 Å². The highest BCUT2D eigenvalue weighted by Crippen LogP contribution is 2.37. The van der Waals surface area contributed by atoms with Crippen LogP contribution in [0.4, 0.5) is 5.69 Å². The highest BCUT2D eigenvalue weighted by molar-refractivity contribution is 6.30. The molecule has 136 valence electrons. The zero-order valence-electron chi connectivity index (χ0n) is 15.0. The number of para-hydroxylation sites is 1. The summed E-state index contributed by atoms with van der Waals surface area (Å²) in [6, 6.07) is 10.0. The zero-order valence-corrected chi connectivity index (χ0v) is 15.8. The Kier molecular flexibility index (Phi) is 4.78. The third kappa shape index (κ3) is 3.38. The first-order valence-corrected chi connectivity index (χ1v) is 9.28. The normalized spacial score (nSPS) is 14.9. The fraction of sp³-hybridized carbons (Fsp3) is 0.300. The zero-order chi connectivity index (χ0) is 18.8. The van der Waals surface area contributed by atoms with Crippen molar-refractivity contribution >= 4 is 17.3 Å². The molecule has 1 aliphatic heterocycles. The van der Waals surface area contributed by atoms with Crippen molar-refractivity contribution in [1.82, 2.24) is 19.7 Å². The molecule has 0 radical (unpaired) electrons. The number of benzene rings is 1. The number of hydrogen-bond acceptors (Lipinski definition) is 5. The lowest BCUT2D eigenvalue weighted by Crippen LogP contribution is -2.34. The number of piperidine rings is 1. The molecule has 1 saturated heterocycles. The summed E-state index contributed by atoms with van der Waals surface area (Å²) in [5, 5.41) is 18.5. The maximum absolute atomic E-state index is 9.67. The number of nitrogens with zero attached hydrogens (tertiary/aromatic N) is 6. The second kappa shape index (κ2) is 7.37. The van der Waals surface area contributed by atoms with Gasteiger partial charge in [0.15, 0.2) is 0 Å². The van der Waals surface area contributed by atoms with Crippen LogP contribution in [0.5, 0.6) is 0 Å². The maximum atomic E-state index is 9.67. The van der Waals surface area contributed by atoms with Crippen LogP contribution in [-0.4, -0.2) is 32.8 Å². The Morgan fingerprint density at radius 3 is 2.70 bits per heavy atom. The lowest BCUT2D eigenvalue weighted by Gasteiger charge is -2.35. The monoisotopic (exact) mass is 378 g/mol. The highest BCUT2D eigenvalue weighted by Gasteiger charge is 2.26. The van der Waals surface area contributed by atoms with Crippen molar-refractivity contribution in [3.63, 3.8) is 0 Å². The summed E-state index contributed by atoms with van der Waals surface area (Å²) in [7, 11) is 1.98. The van der Waals surface area contributed by atoms with Gasteiger partial charge < -0.3 is 9.47 Å². The van der Waals surface area contributed by atoms with Crippen LogP contribution >= 0.6 is 11.6 Å². The van der Waals surface area contributed by atoms with Gasteiger partial charge in [-0.1, -0.05) is 23.7 Å². The van der Waals surface area contributed by atoms with Crippen LogP contribution in [0, 0.1) is 11.3 Å². The van der Waals surface area contributed by atoms with E-state index < -0.39 is 0 Å². The molecule has 0 N–H and O–H groups in total. The van der Waals surface area contributed by atoms with Crippen molar-refractivity contribution in [2.75, 3.05) is 18.0 Å². The molecule has 4 rings (SSSR count). The van der Waals surface area contributed by atoms with E-state index in [9.17, 15) is 5.26 Å². The summed E-state index contributed by atoms with van der Waals surface area (Å²) < 4.78 is 1.99. The summed E-state index contributed by atoms with van der Waals surface area (Å²) >= 11 is 6.14. The minimum atomic E-state index is 0.388. The first-order valence-electron chi connectivity index (χ1n) is 8.90. The average Bonchev–Trinajstić information content (AvgIpc) is 3.13. The molecule has 0 aliphatic carbocycles.